The number of hydrogen-bond acceptors (Lipinski definition) is 10. The normalized spacial score (nSPS) is 20.4. The lowest BCUT2D eigenvalue weighted by Crippen LogP contribution is -2.39. The van der Waals surface area contributed by atoms with Crippen LogP contribution < -0.4 is 16.3 Å². The summed E-state index contributed by atoms with van der Waals surface area (Å²) in [4.78, 5) is 45.0. The number of aryl methyl sites for hydroxylation is 1. The van der Waals surface area contributed by atoms with Crippen LogP contribution in [0.1, 0.15) is 30.2 Å². The van der Waals surface area contributed by atoms with E-state index in [1.165, 1.54) is 20.2 Å². The number of fused-ring (bicyclic) bond motifs is 1. The summed E-state index contributed by atoms with van der Waals surface area (Å²) < 4.78 is 37.0. The van der Waals surface area contributed by atoms with Crippen molar-refractivity contribution in [1.29, 1.82) is 5.26 Å². The van der Waals surface area contributed by atoms with Crippen LogP contribution in [-0.2, 0) is 34.3 Å². The number of nitriles is 1. The molecule has 42 heavy (non-hydrogen) atoms. The van der Waals surface area contributed by atoms with Gasteiger partial charge in [-0.15, -0.1) is 0 Å². The SMILES string of the molecule is COC(=O)C(Cc1c[nH]c2ccccc12)NP(=O)(OCCC#N)OCC1OC(n2cc(C)c(=O)[nH]c2=O)CC1N=[N+]=[N-]. The molecule has 3 N–H and O–H groups in total. The lowest BCUT2D eigenvalue weighted by atomic mass is 10.1. The number of carbonyl (C=O) groups is 1. The molecule has 3 heterocycles. The van der Waals surface area contributed by atoms with Crippen molar-refractivity contribution in [2.75, 3.05) is 20.3 Å². The number of para-hydroxylation sites is 1. The molecule has 2 aromatic heterocycles. The highest BCUT2D eigenvalue weighted by Crippen LogP contribution is 2.46. The Morgan fingerprint density at radius 2 is 2.17 bits per heavy atom. The summed E-state index contributed by atoms with van der Waals surface area (Å²) in [6.07, 6.45) is 1.15. The third-order valence-corrected chi connectivity index (χ3v) is 8.28. The number of ether oxygens (including phenoxy) is 2. The monoisotopic (exact) mass is 600 g/mol. The Morgan fingerprint density at radius 1 is 1.38 bits per heavy atom. The van der Waals surface area contributed by atoms with Crippen molar-refractivity contribution >= 4 is 24.6 Å². The second-order valence-corrected chi connectivity index (χ2v) is 11.2. The maximum absolute atomic E-state index is 13.9. The summed E-state index contributed by atoms with van der Waals surface area (Å²) in [6, 6.07) is 7.31. The van der Waals surface area contributed by atoms with Gasteiger partial charge in [-0.1, -0.05) is 23.3 Å². The van der Waals surface area contributed by atoms with Crippen LogP contribution in [0.5, 0.6) is 0 Å². The maximum atomic E-state index is 13.9. The minimum absolute atomic E-state index is 0.0574. The lowest BCUT2D eigenvalue weighted by Gasteiger charge is -2.25. The van der Waals surface area contributed by atoms with Gasteiger partial charge in [0.15, 0.2) is 0 Å². The molecule has 0 spiro atoms. The van der Waals surface area contributed by atoms with Crippen LogP contribution in [-0.4, -0.2) is 59.0 Å². The second-order valence-electron chi connectivity index (χ2n) is 9.42. The number of H-pyrrole nitrogens is 2. The lowest BCUT2D eigenvalue weighted by molar-refractivity contribution is -0.142. The first-order valence-electron chi connectivity index (χ1n) is 12.9. The first-order chi connectivity index (χ1) is 20.2. The number of aromatic amines is 2. The summed E-state index contributed by atoms with van der Waals surface area (Å²) >= 11 is 0. The van der Waals surface area contributed by atoms with Crippen LogP contribution in [0.3, 0.4) is 0 Å². The zero-order valence-electron chi connectivity index (χ0n) is 22.8. The van der Waals surface area contributed by atoms with Crippen molar-refractivity contribution in [2.24, 2.45) is 5.11 Å². The van der Waals surface area contributed by atoms with Gasteiger partial charge in [0.2, 0.25) is 0 Å². The van der Waals surface area contributed by atoms with Crippen molar-refractivity contribution < 1.29 is 27.9 Å². The van der Waals surface area contributed by atoms with E-state index in [-0.39, 0.29) is 31.4 Å². The number of benzene rings is 1. The molecule has 0 amide bonds. The number of carbonyl (C=O) groups excluding carboxylic acids is 1. The average Bonchev–Trinajstić information content (AvgIpc) is 3.57. The van der Waals surface area contributed by atoms with Crippen LogP contribution in [0, 0.1) is 18.3 Å². The molecule has 0 aliphatic carbocycles. The number of aromatic nitrogens is 3. The smallest absolute Gasteiger partial charge is 0.406 e. The van der Waals surface area contributed by atoms with Gasteiger partial charge in [0.05, 0.1) is 45.0 Å². The molecule has 1 aromatic carbocycles. The number of nitrogens with one attached hydrogen (secondary N) is 3. The molecule has 0 bridgehead atoms. The first kappa shape index (κ1) is 30.7. The van der Waals surface area contributed by atoms with E-state index in [0.717, 1.165) is 21.0 Å². The van der Waals surface area contributed by atoms with E-state index < -0.39 is 56.0 Å². The van der Waals surface area contributed by atoms with Crippen LogP contribution >= 0.6 is 7.75 Å². The Bertz CT molecular complexity index is 1690. The van der Waals surface area contributed by atoms with Gasteiger partial charge >= 0.3 is 19.4 Å². The topological polar surface area (TPSA) is 226 Å². The van der Waals surface area contributed by atoms with Crippen molar-refractivity contribution in [1.82, 2.24) is 19.6 Å². The molecule has 3 aromatic rings. The van der Waals surface area contributed by atoms with Gasteiger partial charge in [0, 0.05) is 46.6 Å². The highest BCUT2D eigenvalue weighted by Gasteiger charge is 2.40. The zero-order valence-corrected chi connectivity index (χ0v) is 23.7. The van der Waals surface area contributed by atoms with Gasteiger partial charge in [-0.05, 0) is 24.1 Å². The molecule has 4 rings (SSSR count). The summed E-state index contributed by atoms with van der Waals surface area (Å²) in [6.45, 7) is 0.806. The second kappa shape index (κ2) is 13.6. The van der Waals surface area contributed by atoms with E-state index in [4.69, 9.17) is 29.3 Å². The van der Waals surface area contributed by atoms with Crippen molar-refractivity contribution in [3.8, 4) is 6.07 Å². The van der Waals surface area contributed by atoms with Crippen molar-refractivity contribution in [3.05, 3.63) is 79.1 Å². The van der Waals surface area contributed by atoms with E-state index in [1.54, 1.807) is 6.20 Å². The largest absolute Gasteiger partial charge is 0.468 e. The highest BCUT2D eigenvalue weighted by molar-refractivity contribution is 7.51. The quantitative estimate of drug-likeness (QED) is 0.0649. The molecule has 16 nitrogen and oxygen atoms in total. The highest BCUT2D eigenvalue weighted by atomic mass is 31.2. The van der Waals surface area contributed by atoms with E-state index in [9.17, 15) is 18.9 Å². The van der Waals surface area contributed by atoms with Crippen molar-refractivity contribution in [3.63, 3.8) is 0 Å². The molecule has 1 fully saturated rings. The molecule has 0 radical (unpaired) electrons. The molecule has 0 saturated carbocycles. The predicted octanol–water partition coefficient (Wildman–Crippen LogP) is 2.72. The van der Waals surface area contributed by atoms with Gasteiger partial charge in [-0.3, -0.25) is 28.2 Å². The van der Waals surface area contributed by atoms with Crippen molar-refractivity contribution in [2.45, 2.75) is 50.6 Å². The van der Waals surface area contributed by atoms with E-state index >= 15 is 0 Å². The number of nitrogens with zero attached hydrogens (tertiary/aromatic N) is 5. The minimum Gasteiger partial charge on any atom is -0.468 e. The van der Waals surface area contributed by atoms with Gasteiger partial charge in [-0.25, -0.2) is 14.4 Å². The number of azide groups is 1. The molecular weight excluding hydrogens is 571 g/mol. The minimum atomic E-state index is -4.31. The van der Waals surface area contributed by atoms with Gasteiger partial charge in [0.25, 0.3) is 5.56 Å². The number of hydrogen-bond donors (Lipinski definition) is 3. The summed E-state index contributed by atoms with van der Waals surface area (Å²) in [5.41, 5.74) is 9.66. The maximum Gasteiger partial charge on any atom is 0.406 e. The van der Waals surface area contributed by atoms with Crippen LogP contribution in [0.15, 0.2) is 51.4 Å². The summed E-state index contributed by atoms with van der Waals surface area (Å²) in [5.74, 6) is -0.732. The number of rotatable bonds is 13. The zero-order chi connectivity index (χ0) is 30.3. The predicted molar refractivity (Wildman–Crippen MR) is 148 cm³/mol. The summed E-state index contributed by atoms with van der Waals surface area (Å²) in [5, 5.41) is 16.2. The fourth-order valence-electron chi connectivity index (χ4n) is 4.55. The molecule has 222 valence electrons. The molecular formula is C25H29N8O8P. The average molecular weight is 601 g/mol. The third-order valence-electron chi connectivity index (χ3n) is 6.64. The molecule has 5 unspecified atom stereocenters. The fourth-order valence-corrected chi connectivity index (χ4v) is 6.03. The fraction of sp³-hybridized carbons (Fsp3) is 0.440. The third kappa shape index (κ3) is 7.15. The number of esters is 1. The Hall–Kier alpha value is -4.22. The summed E-state index contributed by atoms with van der Waals surface area (Å²) in [7, 11) is -3.12. The Labute approximate surface area is 238 Å². The Kier molecular flexibility index (Phi) is 9.97. The molecule has 1 aliphatic rings. The van der Waals surface area contributed by atoms with E-state index in [1.807, 2.05) is 30.3 Å². The molecule has 17 heteroatoms. The van der Waals surface area contributed by atoms with Gasteiger partial charge in [-0.2, -0.15) is 5.26 Å². The van der Waals surface area contributed by atoms with Gasteiger partial charge < -0.3 is 14.5 Å². The molecule has 1 saturated heterocycles. The van der Waals surface area contributed by atoms with E-state index in [2.05, 4.69) is 25.1 Å². The molecule has 1 aliphatic heterocycles. The Balaban J connectivity index is 1.55. The molecule has 5 atom stereocenters. The van der Waals surface area contributed by atoms with E-state index in [0.29, 0.717) is 0 Å². The van der Waals surface area contributed by atoms with Crippen LogP contribution in [0.4, 0.5) is 0 Å². The van der Waals surface area contributed by atoms with Gasteiger partial charge in [0.1, 0.15) is 12.3 Å². The Morgan fingerprint density at radius 3 is 2.90 bits per heavy atom. The standard InChI is InChI=1S/C25H29N8O8P/c1-15-13-33(25(36)29-23(15)34)22-11-19(30-32-27)21(41-22)14-40-42(37,39-9-5-8-26)31-20(24(35)38-2)10-16-12-28-18-7-4-3-6-17(16)18/h3-4,6-7,12-13,19-22,28H,5,9-11,14H2,1-2H3,(H,31,37)(H,29,34,36). The van der Waals surface area contributed by atoms with Crippen LogP contribution in [0.25, 0.3) is 21.3 Å². The first-order valence-corrected chi connectivity index (χ1v) is 14.4. The number of methoxy groups -OCH3 is 1. The van der Waals surface area contributed by atoms with Crippen LogP contribution in [0.2, 0.25) is 0 Å².